The van der Waals surface area contributed by atoms with Crippen LogP contribution in [0.25, 0.3) is 0 Å². The number of nitrogens with one attached hydrogen (secondary N) is 2. The minimum Gasteiger partial charge on any atom is -0.371 e. The first kappa shape index (κ1) is 18.8. The van der Waals surface area contributed by atoms with Gasteiger partial charge in [-0.1, -0.05) is 18.2 Å². The van der Waals surface area contributed by atoms with Crippen molar-refractivity contribution < 1.29 is 18.0 Å². The molecule has 5 nitrogen and oxygen atoms in total. The average Bonchev–Trinajstić information content (AvgIpc) is 3.22. The molecular formula is C18H25F3N4O. The summed E-state index contributed by atoms with van der Waals surface area (Å²) in [5.74, 6) is 0.381. The first-order chi connectivity index (χ1) is 12.4. The Morgan fingerprint density at radius 3 is 2.62 bits per heavy atom. The molecule has 0 aliphatic carbocycles. The molecule has 1 aromatic rings. The van der Waals surface area contributed by atoms with Crippen LogP contribution in [0.5, 0.6) is 0 Å². The molecule has 2 atom stereocenters. The molecule has 2 amide bonds. The van der Waals surface area contributed by atoms with Gasteiger partial charge in [0.05, 0.1) is 6.54 Å². The van der Waals surface area contributed by atoms with E-state index < -0.39 is 12.7 Å². The maximum Gasteiger partial charge on any atom is 0.401 e. The lowest BCUT2D eigenvalue weighted by Crippen LogP contribution is -2.45. The Morgan fingerprint density at radius 2 is 1.88 bits per heavy atom. The monoisotopic (exact) mass is 370 g/mol. The van der Waals surface area contributed by atoms with Gasteiger partial charge in [-0.2, -0.15) is 13.2 Å². The third-order valence-corrected chi connectivity index (χ3v) is 4.97. The van der Waals surface area contributed by atoms with Crippen LogP contribution in [0.15, 0.2) is 30.3 Å². The van der Waals surface area contributed by atoms with Crippen molar-refractivity contribution in [2.75, 3.05) is 44.2 Å². The first-order valence-corrected chi connectivity index (χ1v) is 9.02. The van der Waals surface area contributed by atoms with Gasteiger partial charge in [-0.15, -0.1) is 0 Å². The summed E-state index contributed by atoms with van der Waals surface area (Å²) in [6.45, 7) is 2.13. The Bertz CT molecular complexity index is 596. The van der Waals surface area contributed by atoms with Crippen LogP contribution in [0.3, 0.4) is 0 Å². The molecule has 0 radical (unpaired) electrons. The standard InChI is InChI=1S/C18H25F3N4O/c19-18(20,21)13-24-8-7-15(12-24)23-17(26)22-10-14-6-9-25(11-14)16-4-2-1-3-5-16/h1-5,14-15H,6-13H2,(H2,22,23,26)/t14-,15-/m1/s1. The summed E-state index contributed by atoms with van der Waals surface area (Å²) >= 11 is 0. The van der Waals surface area contributed by atoms with Gasteiger partial charge in [0, 0.05) is 44.5 Å². The van der Waals surface area contributed by atoms with Crippen LogP contribution in [0.1, 0.15) is 12.8 Å². The van der Waals surface area contributed by atoms with E-state index in [1.807, 2.05) is 18.2 Å². The lowest BCUT2D eigenvalue weighted by Gasteiger charge is -2.20. The fourth-order valence-corrected chi connectivity index (χ4v) is 3.69. The molecule has 26 heavy (non-hydrogen) atoms. The van der Waals surface area contributed by atoms with Crippen molar-refractivity contribution in [3.8, 4) is 0 Å². The molecule has 3 rings (SSSR count). The topological polar surface area (TPSA) is 47.6 Å². The zero-order valence-corrected chi connectivity index (χ0v) is 14.6. The molecule has 2 saturated heterocycles. The van der Waals surface area contributed by atoms with Crippen LogP contribution in [-0.4, -0.2) is 62.4 Å². The molecule has 144 valence electrons. The number of para-hydroxylation sites is 1. The van der Waals surface area contributed by atoms with Crippen LogP contribution in [0.4, 0.5) is 23.7 Å². The van der Waals surface area contributed by atoms with Crippen molar-refractivity contribution in [2.24, 2.45) is 5.92 Å². The van der Waals surface area contributed by atoms with Crippen LogP contribution >= 0.6 is 0 Å². The number of likely N-dealkylation sites (tertiary alicyclic amines) is 1. The fraction of sp³-hybridized carbons (Fsp3) is 0.611. The Balaban J connectivity index is 1.35. The van der Waals surface area contributed by atoms with Gasteiger partial charge < -0.3 is 15.5 Å². The van der Waals surface area contributed by atoms with Gasteiger partial charge in [-0.3, -0.25) is 4.90 Å². The van der Waals surface area contributed by atoms with Gasteiger partial charge >= 0.3 is 12.2 Å². The molecular weight excluding hydrogens is 345 g/mol. The van der Waals surface area contributed by atoms with Crippen molar-refractivity contribution in [1.29, 1.82) is 0 Å². The van der Waals surface area contributed by atoms with Gasteiger partial charge in [0.15, 0.2) is 0 Å². The minimum absolute atomic E-state index is 0.221. The van der Waals surface area contributed by atoms with Crippen LogP contribution in [-0.2, 0) is 0 Å². The summed E-state index contributed by atoms with van der Waals surface area (Å²) < 4.78 is 37.2. The predicted octanol–water partition coefficient (Wildman–Crippen LogP) is 2.45. The highest BCUT2D eigenvalue weighted by atomic mass is 19.4. The molecule has 2 aliphatic heterocycles. The largest absolute Gasteiger partial charge is 0.401 e. The Kier molecular flexibility index (Phi) is 5.90. The van der Waals surface area contributed by atoms with E-state index in [4.69, 9.17) is 0 Å². The smallest absolute Gasteiger partial charge is 0.371 e. The third-order valence-electron chi connectivity index (χ3n) is 4.97. The molecule has 2 N–H and O–H groups in total. The number of anilines is 1. The SMILES string of the molecule is O=C(NC[C@H]1CCN(c2ccccc2)C1)N[C@@H]1CCN(CC(F)(F)F)C1. The number of carbonyl (C=O) groups is 1. The lowest BCUT2D eigenvalue weighted by atomic mass is 10.1. The van der Waals surface area contributed by atoms with Gasteiger partial charge in [-0.05, 0) is 30.9 Å². The highest BCUT2D eigenvalue weighted by molar-refractivity contribution is 5.74. The summed E-state index contributed by atoms with van der Waals surface area (Å²) in [4.78, 5) is 15.7. The molecule has 0 aromatic heterocycles. The zero-order valence-electron chi connectivity index (χ0n) is 14.6. The predicted molar refractivity (Wildman–Crippen MR) is 94.2 cm³/mol. The van der Waals surface area contributed by atoms with Crippen molar-refractivity contribution in [2.45, 2.75) is 25.1 Å². The van der Waals surface area contributed by atoms with E-state index in [0.29, 0.717) is 25.4 Å². The number of hydrogen-bond acceptors (Lipinski definition) is 3. The van der Waals surface area contributed by atoms with Crippen molar-refractivity contribution in [3.63, 3.8) is 0 Å². The second-order valence-corrected chi connectivity index (χ2v) is 7.13. The summed E-state index contributed by atoms with van der Waals surface area (Å²) in [6.07, 6.45) is -2.63. The zero-order chi connectivity index (χ0) is 18.6. The fourth-order valence-electron chi connectivity index (χ4n) is 3.69. The first-order valence-electron chi connectivity index (χ1n) is 9.02. The van der Waals surface area contributed by atoms with Crippen LogP contribution in [0, 0.1) is 5.92 Å². The number of amides is 2. The van der Waals surface area contributed by atoms with Crippen molar-refractivity contribution in [3.05, 3.63) is 30.3 Å². The van der Waals surface area contributed by atoms with E-state index in [1.54, 1.807) is 0 Å². The molecule has 2 heterocycles. The molecule has 0 saturated carbocycles. The van der Waals surface area contributed by atoms with E-state index in [2.05, 4.69) is 27.7 Å². The second-order valence-electron chi connectivity index (χ2n) is 7.13. The van der Waals surface area contributed by atoms with Crippen LogP contribution < -0.4 is 15.5 Å². The highest BCUT2D eigenvalue weighted by Crippen LogP contribution is 2.23. The number of hydrogen-bond donors (Lipinski definition) is 2. The Hall–Kier alpha value is -1.96. The summed E-state index contributed by atoms with van der Waals surface area (Å²) in [5, 5.41) is 5.66. The van der Waals surface area contributed by atoms with E-state index in [-0.39, 0.29) is 18.6 Å². The second kappa shape index (κ2) is 8.16. The number of urea groups is 1. The quantitative estimate of drug-likeness (QED) is 0.837. The number of alkyl halides is 3. The normalized spacial score (nSPS) is 24.0. The molecule has 0 spiro atoms. The highest BCUT2D eigenvalue weighted by Gasteiger charge is 2.34. The molecule has 0 unspecified atom stereocenters. The minimum atomic E-state index is -4.19. The van der Waals surface area contributed by atoms with E-state index in [9.17, 15) is 18.0 Å². The maximum atomic E-state index is 12.4. The molecule has 0 bridgehead atoms. The Morgan fingerprint density at radius 1 is 1.12 bits per heavy atom. The van der Waals surface area contributed by atoms with E-state index >= 15 is 0 Å². The molecule has 2 aliphatic rings. The molecule has 1 aromatic carbocycles. The number of nitrogens with zero attached hydrogens (tertiary/aromatic N) is 2. The number of benzene rings is 1. The van der Waals surface area contributed by atoms with E-state index in [1.165, 1.54) is 10.6 Å². The van der Waals surface area contributed by atoms with Gasteiger partial charge in [0.1, 0.15) is 0 Å². The van der Waals surface area contributed by atoms with Crippen molar-refractivity contribution >= 4 is 11.7 Å². The summed E-state index contributed by atoms with van der Waals surface area (Å²) in [5.41, 5.74) is 1.19. The van der Waals surface area contributed by atoms with Crippen LogP contribution in [0.2, 0.25) is 0 Å². The van der Waals surface area contributed by atoms with Gasteiger partial charge in [-0.25, -0.2) is 4.79 Å². The summed E-state index contributed by atoms with van der Waals surface area (Å²) in [7, 11) is 0. The van der Waals surface area contributed by atoms with Gasteiger partial charge in [0.25, 0.3) is 0 Å². The summed E-state index contributed by atoms with van der Waals surface area (Å²) in [6, 6.07) is 9.66. The van der Waals surface area contributed by atoms with Gasteiger partial charge in [0.2, 0.25) is 0 Å². The maximum absolute atomic E-state index is 12.4. The third kappa shape index (κ3) is 5.52. The number of carbonyl (C=O) groups excluding carboxylic acids is 1. The molecule has 8 heteroatoms. The number of halogens is 3. The number of rotatable bonds is 5. The Labute approximate surface area is 151 Å². The molecule has 2 fully saturated rings. The van der Waals surface area contributed by atoms with Crippen molar-refractivity contribution in [1.82, 2.24) is 15.5 Å². The van der Waals surface area contributed by atoms with E-state index in [0.717, 1.165) is 19.5 Å². The average molecular weight is 370 g/mol. The lowest BCUT2D eigenvalue weighted by molar-refractivity contribution is -0.143.